The van der Waals surface area contributed by atoms with Crippen LogP contribution in [0.15, 0.2) is 54.6 Å². The van der Waals surface area contributed by atoms with Crippen LogP contribution in [0.5, 0.6) is 17.2 Å². The van der Waals surface area contributed by atoms with Crippen LogP contribution < -0.4 is 4.74 Å². The number of hydrogen-bond donors (Lipinski definition) is 2. The van der Waals surface area contributed by atoms with Crippen LogP contribution in [0.3, 0.4) is 0 Å². The lowest BCUT2D eigenvalue weighted by molar-refractivity contribution is 0.102. The van der Waals surface area contributed by atoms with E-state index in [-0.39, 0.29) is 17.3 Å². The number of ether oxygens (including phenoxy) is 1. The van der Waals surface area contributed by atoms with Crippen molar-refractivity contribution in [1.29, 1.82) is 0 Å². The van der Waals surface area contributed by atoms with E-state index in [4.69, 9.17) is 4.74 Å². The number of ketones is 1. The monoisotopic (exact) mass is 360 g/mol. The average molecular weight is 360 g/mol. The molecule has 0 saturated heterocycles. The highest BCUT2D eigenvalue weighted by atomic mass is 16.5. The van der Waals surface area contributed by atoms with E-state index in [0.717, 1.165) is 22.4 Å². The van der Waals surface area contributed by atoms with E-state index in [1.54, 1.807) is 6.07 Å². The highest BCUT2D eigenvalue weighted by Gasteiger charge is 2.29. The molecular formula is C23H20O4. The molecule has 3 aromatic carbocycles. The summed E-state index contributed by atoms with van der Waals surface area (Å²) < 4.78 is 5.45. The number of benzene rings is 3. The average Bonchev–Trinajstić information content (AvgIpc) is 2.65. The summed E-state index contributed by atoms with van der Waals surface area (Å²) in [6.45, 7) is 2.55. The van der Waals surface area contributed by atoms with Gasteiger partial charge in [-0.05, 0) is 53.8 Å². The van der Waals surface area contributed by atoms with Crippen LogP contribution in [0.25, 0.3) is 0 Å². The first kappa shape index (κ1) is 17.2. The summed E-state index contributed by atoms with van der Waals surface area (Å²) in [7, 11) is 0. The standard InChI is InChI=1S/C23H20O4/c1-2-27-18-10-6-14(7-11-18)12-17-9-8-16-13-15-4-3-5-19(24)20(15)23(26)21(16)22(17)25/h3-11,24-25H,2,12-13H2,1H3. The van der Waals surface area contributed by atoms with Gasteiger partial charge >= 0.3 is 0 Å². The SMILES string of the molecule is CCOc1ccc(Cc2ccc3c(c2O)C(=O)c2c(O)cccc2C3)cc1. The van der Waals surface area contributed by atoms with E-state index < -0.39 is 0 Å². The Labute approximate surface area is 157 Å². The minimum Gasteiger partial charge on any atom is -0.507 e. The van der Waals surface area contributed by atoms with Gasteiger partial charge in [0.15, 0.2) is 0 Å². The first-order valence-corrected chi connectivity index (χ1v) is 8.99. The predicted octanol–water partition coefficient (Wildman–Crippen LogP) is 4.22. The molecule has 0 bridgehead atoms. The predicted molar refractivity (Wildman–Crippen MR) is 103 cm³/mol. The van der Waals surface area contributed by atoms with Gasteiger partial charge < -0.3 is 14.9 Å². The second-order valence-corrected chi connectivity index (χ2v) is 6.68. The maximum Gasteiger partial charge on any atom is 0.201 e. The Bertz CT molecular complexity index is 1020. The molecule has 27 heavy (non-hydrogen) atoms. The van der Waals surface area contributed by atoms with Crippen molar-refractivity contribution >= 4 is 5.78 Å². The number of aromatic hydroxyl groups is 2. The number of rotatable bonds is 4. The number of fused-ring (bicyclic) bond motifs is 2. The minimum atomic E-state index is -0.324. The molecule has 0 heterocycles. The fourth-order valence-electron chi connectivity index (χ4n) is 3.64. The largest absolute Gasteiger partial charge is 0.507 e. The zero-order valence-corrected chi connectivity index (χ0v) is 15.0. The van der Waals surface area contributed by atoms with Gasteiger partial charge in [0.25, 0.3) is 0 Å². The number of phenolic OH excluding ortho intramolecular Hbond substituents is 2. The van der Waals surface area contributed by atoms with E-state index in [0.29, 0.717) is 36.1 Å². The highest BCUT2D eigenvalue weighted by Crippen LogP contribution is 2.38. The van der Waals surface area contributed by atoms with Crippen LogP contribution in [-0.4, -0.2) is 22.6 Å². The number of hydrogen-bond acceptors (Lipinski definition) is 4. The summed E-state index contributed by atoms with van der Waals surface area (Å²) in [6, 6.07) is 16.5. The Kier molecular flexibility index (Phi) is 4.32. The van der Waals surface area contributed by atoms with Gasteiger partial charge in [0.05, 0.1) is 17.7 Å². The zero-order chi connectivity index (χ0) is 19.0. The van der Waals surface area contributed by atoms with E-state index >= 15 is 0 Å². The van der Waals surface area contributed by atoms with Crippen LogP contribution >= 0.6 is 0 Å². The quantitative estimate of drug-likeness (QED) is 0.572. The summed E-state index contributed by atoms with van der Waals surface area (Å²) in [5, 5.41) is 20.9. The van der Waals surface area contributed by atoms with Gasteiger partial charge in [0, 0.05) is 6.42 Å². The highest BCUT2D eigenvalue weighted by molar-refractivity contribution is 6.15. The van der Waals surface area contributed by atoms with Crippen LogP contribution in [0.2, 0.25) is 0 Å². The molecule has 1 aliphatic rings. The molecule has 4 heteroatoms. The first-order valence-electron chi connectivity index (χ1n) is 8.99. The fourth-order valence-corrected chi connectivity index (χ4v) is 3.64. The van der Waals surface area contributed by atoms with Crippen molar-refractivity contribution in [2.45, 2.75) is 19.8 Å². The van der Waals surface area contributed by atoms with Crippen molar-refractivity contribution in [2.75, 3.05) is 6.61 Å². The molecule has 0 saturated carbocycles. The van der Waals surface area contributed by atoms with E-state index in [2.05, 4.69) is 0 Å². The number of phenols is 2. The van der Waals surface area contributed by atoms with Gasteiger partial charge in [-0.2, -0.15) is 0 Å². The van der Waals surface area contributed by atoms with Crippen molar-refractivity contribution < 1.29 is 19.7 Å². The van der Waals surface area contributed by atoms with Gasteiger partial charge in [-0.3, -0.25) is 4.79 Å². The van der Waals surface area contributed by atoms with Gasteiger partial charge in [-0.15, -0.1) is 0 Å². The molecule has 0 atom stereocenters. The molecule has 1 aliphatic carbocycles. The Morgan fingerprint density at radius 1 is 0.926 bits per heavy atom. The summed E-state index contributed by atoms with van der Waals surface area (Å²) in [4.78, 5) is 12.9. The Hall–Kier alpha value is -3.27. The normalized spacial score (nSPS) is 12.4. The lowest BCUT2D eigenvalue weighted by atomic mass is 9.82. The second kappa shape index (κ2) is 6.80. The minimum absolute atomic E-state index is 0.000266. The summed E-state index contributed by atoms with van der Waals surface area (Å²) in [5.74, 6) is 0.438. The van der Waals surface area contributed by atoms with Crippen LogP contribution in [0.1, 0.15) is 45.1 Å². The Morgan fingerprint density at radius 2 is 1.67 bits per heavy atom. The van der Waals surface area contributed by atoms with E-state index in [1.165, 1.54) is 6.07 Å². The molecule has 0 aliphatic heterocycles. The maximum absolute atomic E-state index is 12.9. The third-order valence-corrected chi connectivity index (χ3v) is 4.94. The molecule has 0 fully saturated rings. The van der Waals surface area contributed by atoms with Crippen molar-refractivity contribution in [3.05, 3.63) is 88.0 Å². The Morgan fingerprint density at radius 3 is 2.41 bits per heavy atom. The summed E-state index contributed by atoms with van der Waals surface area (Å²) >= 11 is 0. The van der Waals surface area contributed by atoms with E-state index in [9.17, 15) is 15.0 Å². The van der Waals surface area contributed by atoms with Crippen LogP contribution in [0.4, 0.5) is 0 Å². The van der Waals surface area contributed by atoms with Crippen molar-refractivity contribution in [3.8, 4) is 17.2 Å². The van der Waals surface area contributed by atoms with Gasteiger partial charge in [0.2, 0.25) is 5.78 Å². The Balaban J connectivity index is 1.68. The fraction of sp³-hybridized carbons (Fsp3) is 0.174. The molecule has 0 radical (unpaired) electrons. The molecule has 2 N–H and O–H groups in total. The second-order valence-electron chi connectivity index (χ2n) is 6.68. The van der Waals surface area contributed by atoms with Crippen molar-refractivity contribution in [1.82, 2.24) is 0 Å². The third kappa shape index (κ3) is 3.04. The van der Waals surface area contributed by atoms with Gasteiger partial charge in [-0.25, -0.2) is 0 Å². The van der Waals surface area contributed by atoms with Crippen molar-refractivity contribution in [3.63, 3.8) is 0 Å². The van der Waals surface area contributed by atoms with Crippen LogP contribution in [-0.2, 0) is 12.8 Å². The summed E-state index contributed by atoms with van der Waals surface area (Å²) in [6.07, 6.45) is 1.02. The molecule has 3 aromatic rings. The van der Waals surface area contributed by atoms with Gasteiger partial charge in [0.1, 0.15) is 17.2 Å². The molecular weight excluding hydrogens is 340 g/mol. The number of carbonyl (C=O) groups is 1. The molecule has 0 amide bonds. The molecule has 4 rings (SSSR count). The molecule has 0 spiro atoms. The van der Waals surface area contributed by atoms with E-state index in [1.807, 2.05) is 49.4 Å². The van der Waals surface area contributed by atoms with Gasteiger partial charge in [-0.1, -0.05) is 36.4 Å². The lowest BCUT2D eigenvalue weighted by Crippen LogP contribution is -2.16. The lowest BCUT2D eigenvalue weighted by Gasteiger charge is -2.21. The van der Waals surface area contributed by atoms with Crippen molar-refractivity contribution in [2.24, 2.45) is 0 Å². The molecule has 136 valence electrons. The molecule has 0 unspecified atom stereocenters. The smallest absolute Gasteiger partial charge is 0.201 e. The number of carbonyl (C=O) groups excluding carboxylic acids is 1. The molecule has 4 nitrogen and oxygen atoms in total. The third-order valence-electron chi connectivity index (χ3n) is 4.94. The molecule has 0 aromatic heterocycles. The zero-order valence-electron chi connectivity index (χ0n) is 15.0. The summed E-state index contributed by atoms with van der Waals surface area (Å²) in [5.41, 5.74) is 3.86. The maximum atomic E-state index is 12.9. The van der Waals surface area contributed by atoms with Crippen LogP contribution in [0, 0.1) is 0 Å². The topological polar surface area (TPSA) is 66.8 Å². The first-order chi connectivity index (χ1) is 13.1.